The molecular weight excluding hydrogens is 197 g/mol. The molecule has 0 amide bonds. The number of halogens is 3. The van der Waals surface area contributed by atoms with Crippen LogP contribution in [0.25, 0.3) is 0 Å². The van der Waals surface area contributed by atoms with Crippen LogP contribution >= 0.6 is 0 Å². The monoisotopic (exact) mass is 206 g/mol. The van der Waals surface area contributed by atoms with E-state index < -0.39 is 24.8 Å². The van der Waals surface area contributed by atoms with Crippen molar-refractivity contribution in [3.63, 3.8) is 0 Å². The molecule has 0 spiro atoms. The molecule has 0 atom stereocenters. The highest BCUT2D eigenvalue weighted by molar-refractivity contribution is 5.94. The summed E-state index contributed by atoms with van der Waals surface area (Å²) in [4.78, 5) is 11.1. The Balaban J connectivity index is 2.52. The Labute approximate surface area is 78.5 Å². The molecule has 1 heterocycles. The third-order valence-corrected chi connectivity index (χ3v) is 1.63. The average Bonchev–Trinajstić information content (AvgIpc) is 2.46. The molecule has 0 aliphatic rings. The van der Waals surface area contributed by atoms with Crippen LogP contribution in [0.5, 0.6) is 0 Å². The molecular formula is C8H9F3N2O. The number of alkyl halides is 3. The summed E-state index contributed by atoms with van der Waals surface area (Å²) in [7, 11) is 1.60. The Morgan fingerprint density at radius 2 is 2.21 bits per heavy atom. The zero-order valence-corrected chi connectivity index (χ0v) is 7.51. The molecule has 14 heavy (non-hydrogen) atoms. The Morgan fingerprint density at radius 3 is 2.64 bits per heavy atom. The Kier molecular flexibility index (Phi) is 2.93. The predicted octanol–water partition coefficient (Wildman–Crippen LogP) is 1.95. The maximum atomic E-state index is 11.8. The first-order valence-corrected chi connectivity index (χ1v) is 3.98. The fourth-order valence-corrected chi connectivity index (χ4v) is 0.947. The lowest BCUT2D eigenvalue weighted by Crippen LogP contribution is -2.11. The normalized spacial score (nSPS) is 11.7. The van der Waals surface area contributed by atoms with Gasteiger partial charge in [0.05, 0.1) is 6.42 Å². The van der Waals surface area contributed by atoms with E-state index in [1.807, 2.05) is 0 Å². The Morgan fingerprint density at radius 1 is 1.57 bits per heavy atom. The molecule has 0 saturated heterocycles. The van der Waals surface area contributed by atoms with Gasteiger partial charge in [0.2, 0.25) is 0 Å². The van der Waals surface area contributed by atoms with Gasteiger partial charge in [0.15, 0.2) is 5.78 Å². The average molecular weight is 206 g/mol. The molecule has 0 bridgehead atoms. The van der Waals surface area contributed by atoms with E-state index in [4.69, 9.17) is 0 Å². The molecule has 1 aromatic heterocycles. The molecule has 0 radical (unpaired) electrons. The highest BCUT2D eigenvalue weighted by Crippen LogP contribution is 2.22. The number of carbonyl (C=O) groups is 1. The van der Waals surface area contributed by atoms with Crippen LogP contribution in [-0.4, -0.2) is 21.7 Å². The van der Waals surface area contributed by atoms with Crippen LogP contribution < -0.4 is 0 Å². The van der Waals surface area contributed by atoms with Gasteiger partial charge in [0.25, 0.3) is 0 Å². The summed E-state index contributed by atoms with van der Waals surface area (Å²) in [6.07, 6.45) is -4.41. The van der Waals surface area contributed by atoms with Gasteiger partial charge in [-0.2, -0.15) is 18.3 Å². The maximum absolute atomic E-state index is 11.8. The lowest BCUT2D eigenvalue weighted by atomic mass is 10.2. The highest BCUT2D eigenvalue weighted by atomic mass is 19.4. The molecule has 0 unspecified atom stereocenters. The van der Waals surface area contributed by atoms with Gasteiger partial charge in [0, 0.05) is 19.7 Å². The van der Waals surface area contributed by atoms with Gasteiger partial charge in [-0.3, -0.25) is 9.48 Å². The van der Waals surface area contributed by atoms with Crippen molar-refractivity contribution in [1.29, 1.82) is 0 Å². The Bertz CT molecular complexity index is 330. The largest absolute Gasteiger partial charge is 0.389 e. The molecule has 1 rings (SSSR count). The van der Waals surface area contributed by atoms with Crippen LogP contribution in [0, 0.1) is 0 Å². The molecule has 0 aliphatic heterocycles. The van der Waals surface area contributed by atoms with Crippen molar-refractivity contribution in [3.8, 4) is 0 Å². The van der Waals surface area contributed by atoms with Gasteiger partial charge < -0.3 is 0 Å². The first kappa shape index (κ1) is 10.7. The van der Waals surface area contributed by atoms with Crippen molar-refractivity contribution in [2.24, 2.45) is 7.05 Å². The smallest absolute Gasteiger partial charge is 0.292 e. The van der Waals surface area contributed by atoms with E-state index in [9.17, 15) is 18.0 Å². The van der Waals surface area contributed by atoms with E-state index in [0.717, 1.165) is 0 Å². The number of rotatable bonds is 3. The molecule has 3 nitrogen and oxygen atoms in total. The molecule has 78 valence electrons. The molecule has 0 fully saturated rings. The standard InChI is InChI=1S/C8H9F3N2O/c1-13-5-3-6(12-13)7(14)2-4-8(9,10)11/h3,5H,2,4H2,1H3. The van der Waals surface area contributed by atoms with Crippen molar-refractivity contribution >= 4 is 5.78 Å². The number of hydrogen-bond acceptors (Lipinski definition) is 2. The second kappa shape index (κ2) is 3.81. The number of ketones is 1. The van der Waals surface area contributed by atoms with Crippen LogP contribution in [0.1, 0.15) is 23.3 Å². The SMILES string of the molecule is Cn1ccc(C(=O)CCC(F)(F)F)n1. The fraction of sp³-hybridized carbons (Fsp3) is 0.500. The minimum absolute atomic E-state index is 0.0803. The number of aromatic nitrogens is 2. The van der Waals surface area contributed by atoms with Gasteiger partial charge in [-0.05, 0) is 6.07 Å². The van der Waals surface area contributed by atoms with Gasteiger partial charge in [-0.1, -0.05) is 0 Å². The maximum Gasteiger partial charge on any atom is 0.389 e. The van der Waals surface area contributed by atoms with Gasteiger partial charge in [0.1, 0.15) is 5.69 Å². The van der Waals surface area contributed by atoms with E-state index in [1.165, 1.54) is 16.9 Å². The topological polar surface area (TPSA) is 34.9 Å². The first-order valence-electron chi connectivity index (χ1n) is 3.98. The predicted molar refractivity (Wildman–Crippen MR) is 42.8 cm³/mol. The molecule has 6 heteroatoms. The zero-order valence-electron chi connectivity index (χ0n) is 7.51. The van der Waals surface area contributed by atoms with E-state index in [1.54, 1.807) is 7.05 Å². The van der Waals surface area contributed by atoms with Crippen LogP contribution in [0.2, 0.25) is 0 Å². The van der Waals surface area contributed by atoms with E-state index in [-0.39, 0.29) is 5.69 Å². The lowest BCUT2D eigenvalue weighted by Gasteiger charge is -2.03. The zero-order chi connectivity index (χ0) is 10.8. The number of nitrogens with zero attached hydrogens (tertiary/aromatic N) is 2. The van der Waals surface area contributed by atoms with Crippen molar-refractivity contribution in [2.45, 2.75) is 19.0 Å². The third kappa shape index (κ3) is 3.20. The fourth-order valence-electron chi connectivity index (χ4n) is 0.947. The van der Waals surface area contributed by atoms with Crippen LogP contribution in [0.15, 0.2) is 12.3 Å². The van der Waals surface area contributed by atoms with Crippen molar-refractivity contribution < 1.29 is 18.0 Å². The van der Waals surface area contributed by atoms with Gasteiger partial charge in [-0.25, -0.2) is 0 Å². The van der Waals surface area contributed by atoms with Crippen LogP contribution in [0.3, 0.4) is 0 Å². The van der Waals surface area contributed by atoms with Crippen molar-refractivity contribution in [1.82, 2.24) is 9.78 Å². The second-order valence-electron chi connectivity index (χ2n) is 2.91. The van der Waals surface area contributed by atoms with Gasteiger partial charge in [-0.15, -0.1) is 0 Å². The molecule has 0 aliphatic carbocycles. The quantitative estimate of drug-likeness (QED) is 0.708. The minimum Gasteiger partial charge on any atom is -0.292 e. The van der Waals surface area contributed by atoms with E-state index in [2.05, 4.69) is 5.10 Å². The molecule has 0 saturated carbocycles. The number of hydrogen-bond donors (Lipinski definition) is 0. The molecule has 1 aromatic rings. The summed E-state index contributed by atoms with van der Waals surface area (Å²) < 4.78 is 36.7. The number of Topliss-reactive ketones (excluding diaryl/α,β-unsaturated/α-hetero) is 1. The molecule has 0 N–H and O–H groups in total. The van der Waals surface area contributed by atoms with Gasteiger partial charge >= 0.3 is 6.18 Å². The lowest BCUT2D eigenvalue weighted by molar-refractivity contribution is -0.133. The summed E-state index contributed by atoms with van der Waals surface area (Å²) in [6.45, 7) is 0. The minimum atomic E-state index is -4.29. The summed E-state index contributed by atoms with van der Waals surface area (Å²) in [5.74, 6) is -0.581. The van der Waals surface area contributed by atoms with Crippen molar-refractivity contribution in [3.05, 3.63) is 18.0 Å². The van der Waals surface area contributed by atoms with Crippen LogP contribution in [-0.2, 0) is 7.05 Å². The molecule has 0 aromatic carbocycles. The second-order valence-corrected chi connectivity index (χ2v) is 2.91. The third-order valence-electron chi connectivity index (χ3n) is 1.63. The van der Waals surface area contributed by atoms with Crippen molar-refractivity contribution in [2.75, 3.05) is 0 Å². The Hall–Kier alpha value is -1.33. The highest BCUT2D eigenvalue weighted by Gasteiger charge is 2.28. The summed E-state index contributed by atoms with van der Waals surface area (Å²) in [5.41, 5.74) is 0.0803. The summed E-state index contributed by atoms with van der Waals surface area (Å²) in [6, 6.07) is 1.40. The number of carbonyl (C=O) groups excluding carboxylic acids is 1. The summed E-state index contributed by atoms with van der Waals surface area (Å²) >= 11 is 0. The number of aryl methyl sites for hydroxylation is 1. The van der Waals surface area contributed by atoms with Crippen LogP contribution in [0.4, 0.5) is 13.2 Å². The summed E-state index contributed by atoms with van der Waals surface area (Å²) in [5, 5.41) is 3.71. The first-order chi connectivity index (χ1) is 6.38. The van der Waals surface area contributed by atoms with E-state index >= 15 is 0 Å². The van der Waals surface area contributed by atoms with E-state index in [0.29, 0.717) is 0 Å².